The topological polar surface area (TPSA) is 108 Å². The molecule has 0 bridgehead atoms. The van der Waals surface area contributed by atoms with Gasteiger partial charge in [0.2, 0.25) is 5.91 Å². The van der Waals surface area contributed by atoms with Crippen molar-refractivity contribution in [3.63, 3.8) is 0 Å². The van der Waals surface area contributed by atoms with Crippen LogP contribution in [0.1, 0.15) is 19.8 Å². The van der Waals surface area contributed by atoms with Crippen LogP contribution in [0, 0.1) is 5.92 Å². The summed E-state index contributed by atoms with van der Waals surface area (Å²) in [5, 5.41) is 14.2. The number of aliphatic carboxylic acids is 1. The Morgan fingerprint density at radius 3 is 2.76 bits per heavy atom. The first-order valence-electron chi connectivity index (χ1n) is 7.00. The van der Waals surface area contributed by atoms with Crippen LogP contribution in [-0.2, 0) is 14.3 Å². The zero-order valence-corrected chi connectivity index (χ0v) is 12.4. The standard InChI is InChI=1S/C13H23N3O5/c1-9(11(17)14-5-7-21-2)15-13(20)16-6-3-4-10(8-16)12(18)19/h9-10H,3-8H2,1-2H3,(H,14,17)(H,15,20)(H,18,19). The number of methoxy groups -OCH3 is 1. The van der Waals surface area contributed by atoms with Gasteiger partial charge in [-0.3, -0.25) is 9.59 Å². The number of nitrogens with one attached hydrogen (secondary N) is 2. The van der Waals surface area contributed by atoms with E-state index in [2.05, 4.69) is 10.6 Å². The van der Waals surface area contributed by atoms with Crippen LogP contribution in [0.4, 0.5) is 4.79 Å². The van der Waals surface area contributed by atoms with Crippen LogP contribution < -0.4 is 10.6 Å². The lowest BCUT2D eigenvalue weighted by Crippen LogP contribution is -2.52. The molecule has 8 nitrogen and oxygen atoms in total. The summed E-state index contributed by atoms with van der Waals surface area (Å²) in [6.07, 6.45) is 1.23. The predicted octanol–water partition coefficient (Wildman–Crippen LogP) is -0.356. The van der Waals surface area contributed by atoms with Gasteiger partial charge in [-0.25, -0.2) is 4.79 Å². The van der Waals surface area contributed by atoms with Crippen molar-refractivity contribution in [2.45, 2.75) is 25.8 Å². The van der Waals surface area contributed by atoms with E-state index in [1.54, 1.807) is 6.92 Å². The minimum Gasteiger partial charge on any atom is -0.481 e. The Hall–Kier alpha value is -1.83. The van der Waals surface area contributed by atoms with Crippen LogP contribution in [0.25, 0.3) is 0 Å². The molecule has 1 saturated heterocycles. The number of piperidine rings is 1. The lowest BCUT2D eigenvalue weighted by atomic mass is 9.99. The van der Waals surface area contributed by atoms with E-state index in [9.17, 15) is 14.4 Å². The number of ether oxygens (including phenoxy) is 1. The summed E-state index contributed by atoms with van der Waals surface area (Å²) < 4.78 is 4.82. The first kappa shape index (κ1) is 17.2. The summed E-state index contributed by atoms with van der Waals surface area (Å²) in [6, 6.07) is -1.09. The van der Waals surface area contributed by atoms with E-state index in [1.165, 1.54) is 12.0 Å². The van der Waals surface area contributed by atoms with E-state index in [0.29, 0.717) is 32.5 Å². The zero-order valence-electron chi connectivity index (χ0n) is 12.4. The molecule has 0 aromatic carbocycles. The highest BCUT2D eigenvalue weighted by atomic mass is 16.5. The fraction of sp³-hybridized carbons (Fsp3) is 0.769. The molecule has 2 atom stereocenters. The number of nitrogens with zero attached hydrogens (tertiary/aromatic N) is 1. The molecule has 8 heteroatoms. The van der Waals surface area contributed by atoms with Gasteiger partial charge in [-0.1, -0.05) is 0 Å². The molecule has 3 N–H and O–H groups in total. The first-order chi connectivity index (χ1) is 9.95. The Balaban J connectivity index is 2.41. The Morgan fingerprint density at radius 1 is 1.43 bits per heavy atom. The number of carboxylic acids is 1. The number of rotatable bonds is 6. The van der Waals surface area contributed by atoms with Crippen LogP contribution in [-0.4, -0.2) is 67.3 Å². The number of amides is 3. The fourth-order valence-corrected chi connectivity index (χ4v) is 2.13. The van der Waals surface area contributed by atoms with E-state index in [4.69, 9.17) is 9.84 Å². The van der Waals surface area contributed by atoms with Gasteiger partial charge in [-0.05, 0) is 19.8 Å². The van der Waals surface area contributed by atoms with Crippen LogP contribution >= 0.6 is 0 Å². The molecule has 1 rings (SSSR count). The molecule has 120 valence electrons. The normalized spacial score (nSPS) is 19.7. The maximum atomic E-state index is 12.0. The molecular weight excluding hydrogens is 278 g/mol. The molecule has 1 aliphatic heterocycles. The third-order valence-electron chi connectivity index (χ3n) is 3.40. The summed E-state index contributed by atoms with van der Waals surface area (Å²) in [4.78, 5) is 36.2. The Morgan fingerprint density at radius 2 is 2.14 bits per heavy atom. The predicted molar refractivity (Wildman–Crippen MR) is 74.8 cm³/mol. The van der Waals surface area contributed by atoms with Gasteiger partial charge in [0.25, 0.3) is 0 Å². The summed E-state index contributed by atoms with van der Waals surface area (Å²) in [5.74, 6) is -1.72. The highest BCUT2D eigenvalue weighted by molar-refractivity contribution is 5.86. The number of carboxylic acid groups (broad SMARTS) is 1. The number of carbonyl (C=O) groups excluding carboxylic acids is 2. The molecule has 1 fully saturated rings. The molecule has 1 aliphatic rings. The molecule has 21 heavy (non-hydrogen) atoms. The maximum absolute atomic E-state index is 12.0. The second-order valence-corrected chi connectivity index (χ2v) is 5.08. The molecule has 0 aliphatic carbocycles. The summed E-state index contributed by atoms with van der Waals surface area (Å²) in [5.41, 5.74) is 0. The van der Waals surface area contributed by atoms with Crippen LogP contribution in [0.3, 0.4) is 0 Å². The highest BCUT2D eigenvalue weighted by Gasteiger charge is 2.29. The third-order valence-corrected chi connectivity index (χ3v) is 3.40. The van der Waals surface area contributed by atoms with Gasteiger partial charge in [-0.2, -0.15) is 0 Å². The summed E-state index contributed by atoms with van der Waals surface area (Å²) in [7, 11) is 1.53. The van der Waals surface area contributed by atoms with E-state index in [-0.39, 0.29) is 12.5 Å². The van der Waals surface area contributed by atoms with Crippen LogP contribution in [0.15, 0.2) is 0 Å². The molecule has 2 unspecified atom stereocenters. The molecule has 1 heterocycles. The zero-order chi connectivity index (χ0) is 15.8. The van der Waals surface area contributed by atoms with Gasteiger partial charge in [0.1, 0.15) is 6.04 Å². The quantitative estimate of drug-likeness (QED) is 0.581. The third kappa shape index (κ3) is 5.58. The summed E-state index contributed by atoms with van der Waals surface area (Å²) in [6.45, 7) is 3.05. The largest absolute Gasteiger partial charge is 0.481 e. The van der Waals surface area contributed by atoms with E-state index >= 15 is 0 Å². The van der Waals surface area contributed by atoms with Crippen molar-refractivity contribution in [2.24, 2.45) is 5.92 Å². The average Bonchev–Trinajstić information content (AvgIpc) is 2.47. The molecule has 0 spiro atoms. The highest BCUT2D eigenvalue weighted by Crippen LogP contribution is 2.16. The Labute approximate surface area is 123 Å². The SMILES string of the molecule is COCCNC(=O)C(C)NC(=O)N1CCCC(C(=O)O)C1. The number of hydrogen-bond acceptors (Lipinski definition) is 4. The fourth-order valence-electron chi connectivity index (χ4n) is 2.13. The van der Waals surface area contributed by atoms with Crippen molar-refractivity contribution in [3.05, 3.63) is 0 Å². The number of carbonyl (C=O) groups is 3. The lowest BCUT2D eigenvalue weighted by molar-refractivity contribution is -0.143. The second kappa shape index (κ2) is 8.46. The monoisotopic (exact) mass is 301 g/mol. The minimum atomic E-state index is -0.891. The van der Waals surface area contributed by atoms with E-state index < -0.39 is 24.0 Å². The van der Waals surface area contributed by atoms with Crippen molar-refractivity contribution < 1.29 is 24.2 Å². The van der Waals surface area contributed by atoms with Gasteiger partial charge in [0, 0.05) is 26.7 Å². The van der Waals surface area contributed by atoms with Crippen LogP contribution in [0.5, 0.6) is 0 Å². The molecule has 0 radical (unpaired) electrons. The molecular formula is C13H23N3O5. The van der Waals surface area contributed by atoms with Crippen molar-refractivity contribution >= 4 is 17.9 Å². The van der Waals surface area contributed by atoms with Gasteiger partial charge in [-0.15, -0.1) is 0 Å². The van der Waals surface area contributed by atoms with Crippen molar-refractivity contribution in [1.29, 1.82) is 0 Å². The van der Waals surface area contributed by atoms with Crippen molar-refractivity contribution in [1.82, 2.24) is 15.5 Å². The molecule has 0 aromatic heterocycles. The maximum Gasteiger partial charge on any atom is 0.318 e. The van der Waals surface area contributed by atoms with Gasteiger partial charge in [0.05, 0.1) is 12.5 Å². The molecule has 0 aromatic rings. The lowest BCUT2D eigenvalue weighted by Gasteiger charge is -2.31. The van der Waals surface area contributed by atoms with Crippen molar-refractivity contribution in [3.8, 4) is 0 Å². The van der Waals surface area contributed by atoms with Gasteiger partial charge < -0.3 is 25.4 Å². The van der Waals surface area contributed by atoms with Gasteiger partial charge in [0.15, 0.2) is 0 Å². The molecule has 3 amide bonds. The van der Waals surface area contributed by atoms with Crippen molar-refractivity contribution in [2.75, 3.05) is 33.4 Å². The number of likely N-dealkylation sites (tertiary alicyclic amines) is 1. The smallest absolute Gasteiger partial charge is 0.318 e. The van der Waals surface area contributed by atoms with Crippen LogP contribution in [0.2, 0.25) is 0 Å². The first-order valence-corrected chi connectivity index (χ1v) is 7.00. The van der Waals surface area contributed by atoms with Gasteiger partial charge >= 0.3 is 12.0 Å². The molecule has 0 saturated carbocycles. The second-order valence-electron chi connectivity index (χ2n) is 5.08. The Kier molecular flexibility index (Phi) is 6.93. The van der Waals surface area contributed by atoms with E-state index in [1.807, 2.05) is 0 Å². The van der Waals surface area contributed by atoms with E-state index in [0.717, 1.165) is 0 Å². The number of urea groups is 1. The summed E-state index contributed by atoms with van der Waals surface area (Å²) >= 11 is 0. The number of hydrogen-bond donors (Lipinski definition) is 3. The minimum absolute atomic E-state index is 0.180. The Bertz CT molecular complexity index is 388. The average molecular weight is 301 g/mol.